The molecule has 0 saturated heterocycles. The van der Waals surface area contributed by atoms with E-state index in [1.807, 2.05) is 36.4 Å². The first-order chi connectivity index (χ1) is 8.31. The van der Waals surface area contributed by atoms with Gasteiger partial charge in [-0.05, 0) is 17.7 Å². The fourth-order valence-corrected chi connectivity index (χ4v) is 1.56. The monoisotopic (exact) mass is 221 g/mol. The highest BCUT2D eigenvalue weighted by molar-refractivity contribution is 5.90. The fraction of sp³-hybridized carbons (Fsp3) is 0. The van der Waals surface area contributed by atoms with Crippen molar-refractivity contribution in [2.75, 3.05) is 0 Å². The van der Waals surface area contributed by atoms with Crippen LogP contribution in [0, 0.1) is 11.3 Å². The van der Waals surface area contributed by atoms with Crippen LogP contribution < -0.4 is 0 Å². The molecule has 0 fully saturated rings. The molecule has 1 N–H and O–H groups in total. The molecule has 0 aromatic heterocycles. The third-order valence-electron chi connectivity index (χ3n) is 2.44. The topological polar surface area (TPSA) is 44.0 Å². The number of rotatable bonds is 2. The normalized spacial score (nSPS) is 10.9. The van der Waals surface area contributed by atoms with Crippen molar-refractivity contribution in [2.45, 2.75) is 0 Å². The van der Waals surface area contributed by atoms with Gasteiger partial charge in [-0.3, -0.25) is 0 Å². The average Bonchev–Trinajstić information content (AvgIpc) is 2.39. The Morgan fingerprint density at radius 3 is 2.29 bits per heavy atom. The van der Waals surface area contributed by atoms with Crippen LogP contribution in [-0.4, -0.2) is 5.11 Å². The number of aromatic hydroxyl groups is 1. The highest BCUT2D eigenvalue weighted by atomic mass is 16.3. The molecule has 0 aliphatic heterocycles. The van der Waals surface area contributed by atoms with E-state index in [-0.39, 0.29) is 5.75 Å². The first-order valence-corrected chi connectivity index (χ1v) is 5.26. The minimum atomic E-state index is 0.177. The second kappa shape index (κ2) is 5.00. The van der Waals surface area contributed by atoms with Crippen molar-refractivity contribution < 1.29 is 5.11 Å². The lowest BCUT2D eigenvalue weighted by Crippen LogP contribution is -1.81. The van der Waals surface area contributed by atoms with Crippen molar-refractivity contribution in [1.29, 1.82) is 5.26 Å². The molecule has 0 aliphatic carbocycles. The van der Waals surface area contributed by atoms with Crippen LogP contribution in [0.5, 0.6) is 5.75 Å². The molecule has 2 aromatic carbocycles. The van der Waals surface area contributed by atoms with Crippen LogP contribution in [0.3, 0.4) is 0 Å². The van der Waals surface area contributed by atoms with Crippen molar-refractivity contribution in [1.82, 2.24) is 0 Å². The van der Waals surface area contributed by atoms with Gasteiger partial charge in [-0.1, -0.05) is 48.5 Å². The fourth-order valence-electron chi connectivity index (χ4n) is 1.56. The summed E-state index contributed by atoms with van der Waals surface area (Å²) in [6.07, 6.45) is 1.69. The van der Waals surface area contributed by atoms with E-state index < -0.39 is 0 Å². The van der Waals surface area contributed by atoms with Crippen LogP contribution in [0.4, 0.5) is 0 Å². The maximum absolute atomic E-state index is 9.65. The number of hydrogen-bond donors (Lipinski definition) is 1. The first kappa shape index (κ1) is 11.0. The molecule has 0 radical (unpaired) electrons. The summed E-state index contributed by atoms with van der Waals surface area (Å²) in [7, 11) is 0. The average molecular weight is 221 g/mol. The van der Waals surface area contributed by atoms with Crippen LogP contribution in [0.25, 0.3) is 11.6 Å². The highest BCUT2D eigenvalue weighted by Crippen LogP contribution is 2.22. The highest BCUT2D eigenvalue weighted by Gasteiger charge is 2.02. The van der Waals surface area contributed by atoms with Gasteiger partial charge in [0.1, 0.15) is 5.75 Å². The van der Waals surface area contributed by atoms with Gasteiger partial charge in [-0.15, -0.1) is 0 Å². The molecule has 2 nitrogen and oxygen atoms in total. The van der Waals surface area contributed by atoms with Crippen molar-refractivity contribution in [2.24, 2.45) is 0 Å². The summed E-state index contributed by atoms with van der Waals surface area (Å²) in [5, 5.41) is 18.8. The molecule has 0 bridgehead atoms. The van der Waals surface area contributed by atoms with Crippen molar-refractivity contribution in [3.8, 4) is 11.8 Å². The van der Waals surface area contributed by atoms with Crippen molar-refractivity contribution in [3.63, 3.8) is 0 Å². The van der Waals surface area contributed by atoms with Gasteiger partial charge >= 0.3 is 0 Å². The summed E-state index contributed by atoms with van der Waals surface area (Å²) in [5.74, 6) is 0.177. The molecule has 0 atom stereocenters. The summed E-state index contributed by atoms with van der Waals surface area (Å²) in [6, 6.07) is 18.5. The van der Waals surface area contributed by atoms with Gasteiger partial charge in [0, 0.05) is 5.56 Å². The molecular formula is C15H11NO. The summed E-state index contributed by atoms with van der Waals surface area (Å²) < 4.78 is 0. The van der Waals surface area contributed by atoms with Gasteiger partial charge in [0.2, 0.25) is 0 Å². The van der Waals surface area contributed by atoms with E-state index in [1.54, 1.807) is 24.3 Å². The molecule has 0 spiro atoms. The number of phenols is 1. The van der Waals surface area contributed by atoms with E-state index in [4.69, 9.17) is 5.26 Å². The Hall–Kier alpha value is -2.53. The standard InChI is InChI=1S/C15H11NO/c16-11-14(12-6-2-1-3-7-12)10-13-8-4-5-9-15(13)17/h1-10,17H/b14-10+. The van der Waals surface area contributed by atoms with Gasteiger partial charge in [-0.2, -0.15) is 5.26 Å². The molecule has 0 saturated carbocycles. The SMILES string of the molecule is N#C/C(=C\c1ccccc1O)c1ccccc1. The Kier molecular flexibility index (Phi) is 3.23. The smallest absolute Gasteiger partial charge is 0.122 e. The Bertz CT molecular complexity index is 579. The van der Waals surface area contributed by atoms with Crippen LogP contribution in [-0.2, 0) is 0 Å². The van der Waals surface area contributed by atoms with Gasteiger partial charge in [0.05, 0.1) is 11.6 Å². The molecule has 2 aromatic rings. The number of benzene rings is 2. The van der Waals surface area contributed by atoms with Gasteiger partial charge in [0.25, 0.3) is 0 Å². The number of hydrogen-bond acceptors (Lipinski definition) is 2. The summed E-state index contributed by atoms with van der Waals surface area (Å²) >= 11 is 0. The lowest BCUT2D eigenvalue weighted by atomic mass is 10.0. The molecular weight excluding hydrogens is 210 g/mol. The minimum Gasteiger partial charge on any atom is -0.507 e. The van der Waals surface area contributed by atoms with Crippen LogP contribution in [0.1, 0.15) is 11.1 Å². The maximum atomic E-state index is 9.65. The molecule has 0 heterocycles. The molecule has 82 valence electrons. The number of phenolic OH excluding ortho intramolecular Hbond substituents is 1. The number of nitrogens with zero attached hydrogens (tertiary/aromatic N) is 1. The number of para-hydroxylation sites is 1. The van der Waals surface area contributed by atoms with Crippen LogP contribution >= 0.6 is 0 Å². The summed E-state index contributed by atoms with van der Waals surface area (Å²) in [6.45, 7) is 0. The van der Waals surface area contributed by atoms with Crippen LogP contribution in [0.2, 0.25) is 0 Å². The largest absolute Gasteiger partial charge is 0.507 e. The Labute approximate surface area is 100 Å². The zero-order valence-electron chi connectivity index (χ0n) is 9.17. The predicted octanol–water partition coefficient (Wildman–Crippen LogP) is 3.46. The van der Waals surface area contributed by atoms with E-state index in [1.165, 1.54) is 0 Å². The summed E-state index contributed by atoms with van der Waals surface area (Å²) in [4.78, 5) is 0. The quantitative estimate of drug-likeness (QED) is 0.623. The number of nitriles is 1. The van der Waals surface area contributed by atoms with E-state index in [0.29, 0.717) is 11.1 Å². The zero-order valence-corrected chi connectivity index (χ0v) is 9.17. The van der Waals surface area contributed by atoms with Crippen molar-refractivity contribution in [3.05, 3.63) is 65.7 Å². The molecule has 0 amide bonds. The zero-order chi connectivity index (χ0) is 12.1. The van der Waals surface area contributed by atoms with Gasteiger partial charge in [0.15, 0.2) is 0 Å². The van der Waals surface area contributed by atoms with Gasteiger partial charge < -0.3 is 5.11 Å². The van der Waals surface area contributed by atoms with E-state index in [2.05, 4.69) is 6.07 Å². The third kappa shape index (κ3) is 2.53. The first-order valence-electron chi connectivity index (χ1n) is 5.26. The molecule has 2 heteroatoms. The Morgan fingerprint density at radius 2 is 1.65 bits per heavy atom. The maximum Gasteiger partial charge on any atom is 0.122 e. The lowest BCUT2D eigenvalue weighted by molar-refractivity contribution is 0.474. The van der Waals surface area contributed by atoms with Gasteiger partial charge in [-0.25, -0.2) is 0 Å². The van der Waals surface area contributed by atoms with Crippen molar-refractivity contribution >= 4 is 11.6 Å². The van der Waals surface area contributed by atoms with E-state index >= 15 is 0 Å². The Balaban J connectivity index is 2.45. The third-order valence-corrected chi connectivity index (χ3v) is 2.44. The van der Waals surface area contributed by atoms with E-state index in [0.717, 1.165) is 5.56 Å². The molecule has 0 unspecified atom stereocenters. The predicted molar refractivity (Wildman–Crippen MR) is 68.0 cm³/mol. The molecule has 17 heavy (non-hydrogen) atoms. The lowest BCUT2D eigenvalue weighted by Gasteiger charge is -2.01. The Morgan fingerprint density at radius 1 is 1.00 bits per heavy atom. The summed E-state index contributed by atoms with van der Waals surface area (Å²) in [5.41, 5.74) is 2.03. The molecule has 0 aliphatic rings. The minimum absolute atomic E-state index is 0.177. The van der Waals surface area contributed by atoms with E-state index in [9.17, 15) is 5.11 Å². The second-order valence-electron chi connectivity index (χ2n) is 3.59. The molecule has 2 rings (SSSR count). The number of allylic oxidation sites excluding steroid dienone is 1. The van der Waals surface area contributed by atoms with Crippen LogP contribution in [0.15, 0.2) is 54.6 Å². The second-order valence-corrected chi connectivity index (χ2v) is 3.59.